The molecule has 5 heteroatoms. The van der Waals surface area contributed by atoms with Gasteiger partial charge in [-0.05, 0) is 30.3 Å². The Morgan fingerprint density at radius 1 is 1.24 bits per heavy atom. The lowest BCUT2D eigenvalue weighted by atomic mass is 10.2. The largest absolute Gasteiger partial charge is 0.396 e. The number of halogens is 1. The maximum absolute atomic E-state index is 13.1. The first-order chi connectivity index (χ1) is 8.24. The number of imidazole rings is 1. The number of nitrogen functional groups attached to an aromatic ring is 1. The minimum atomic E-state index is -0.428. The van der Waals surface area contributed by atoms with E-state index in [1.54, 1.807) is 18.3 Å². The molecule has 0 aliphatic carbocycles. The van der Waals surface area contributed by atoms with E-state index in [9.17, 15) is 4.39 Å². The van der Waals surface area contributed by atoms with Crippen LogP contribution in [0.2, 0.25) is 0 Å². The van der Waals surface area contributed by atoms with E-state index in [0.717, 1.165) is 11.1 Å². The van der Waals surface area contributed by atoms with E-state index in [-0.39, 0.29) is 5.69 Å². The molecule has 17 heavy (non-hydrogen) atoms. The van der Waals surface area contributed by atoms with Crippen molar-refractivity contribution in [3.05, 3.63) is 42.3 Å². The Hall–Kier alpha value is -2.43. The Kier molecular flexibility index (Phi) is 2.04. The molecular formula is C12H9FN4. The summed E-state index contributed by atoms with van der Waals surface area (Å²) in [4.78, 5) is 11.5. The average Bonchev–Trinajstić information content (AvgIpc) is 2.76. The van der Waals surface area contributed by atoms with Gasteiger partial charge in [0.15, 0.2) is 5.65 Å². The predicted molar refractivity (Wildman–Crippen MR) is 63.7 cm³/mol. The van der Waals surface area contributed by atoms with Crippen LogP contribution in [0.5, 0.6) is 0 Å². The topological polar surface area (TPSA) is 67.6 Å². The zero-order valence-electron chi connectivity index (χ0n) is 8.81. The highest BCUT2D eigenvalue weighted by atomic mass is 19.1. The molecule has 2 aromatic heterocycles. The predicted octanol–water partition coefficient (Wildman–Crippen LogP) is 2.35. The first-order valence-electron chi connectivity index (χ1n) is 5.10. The number of benzene rings is 1. The first kappa shape index (κ1) is 9.77. The number of anilines is 1. The molecular weight excluding hydrogens is 219 g/mol. The number of rotatable bonds is 1. The van der Waals surface area contributed by atoms with Crippen LogP contribution in [-0.4, -0.2) is 15.0 Å². The van der Waals surface area contributed by atoms with E-state index in [4.69, 9.17) is 5.73 Å². The van der Waals surface area contributed by atoms with Gasteiger partial charge < -0.3 is 10.7 Å². The van der Waals surface area contributed by atoms with Crippen molar-refractivity contribution in [3.63, 3.8) is 0 Å². The molecule has 0 radical (unpaired) electrons. The number of H-pyrrole nitrogens is 1. The summed E-state index contributed by atoms with van der Waals surface area (Å²) < 4.78 is 13.1. The van der Waals surface area contributed by atoms with Crippen LogP contribution in [0.3, 0.4) is 0 Å². The van der Waals surface area contributed by atoms with Crippen molar-refractivity contribution < 1.29 is 4.39 Å². The van der Waals surface area contributed by atoms with Crippen molar-refractivity contribution in [2.75, 3.05) is 5.73 Å². The highest BCUT2D eigenvalue weighted by molar-refractivity contribution is 5.76. The second-order valence-corrected chi connectivity index (χ2v) is 3.70. The monoisotopic (exact) mass is 228 g/mol. The Labute approximate surface area is 96.3 Å². The van der Waals surface area contributed by atoms with Crippen LogP contribution in [0.1, 0.15) is 0 Å². The van der Waals surface area contributed by atoms with Gasteiger partial charge in [-0.3, -0.25) is 0 Å². The number of hydrogen-bond donors (Lipinski definition) is 2. The zero-order valence-corrected chi connectivity index (χ0v) is 8.81. The minimum Gasteiger partial charge on any atom is -0.396 e. The highest BCUT2D eigenvalue weighted by Gasteiger charge is 2.07. The second kappa shape index (κ2) is 3.55. The van der Waals surface area contributed by atoms with E-state index in [1.807, 2.05) is 12.1 Å². The molecule has 3 N–H and O–H groups in total. The van der Waals surface area contributed by atoms with Crippen molar-refractivity contribution in [3.8, 4) is 11.4 Å². The molecule has 0 spiro atoms. The summed E-state index contributed by atoms with van der Waals surface area (Å²) >= 11 is 0. The third-order valence-electron chi connectivity index (χ3n) is 2.53. The maximum Gasteiger partial charge on any atom is 0.178 e. The van der Waals surface area contributed by atoms with Crippen molar-refractivity contribution in [1.82, 2.24) is 15.0 Å². The maximum atomic E-state index is 13.1. The number of fused-ring (bicyclic) bond motifs is 1. The lowest BCUT2D eigenvalue weighted by Crippen LogP contribution is -1.91. The number of nitrogens with two attached hydrogens (primary N) is 1. The van der Waals surface area contributed by atoms with Crippen molar-refractivity contribution in [1.29, 1.82) is 0 Å². The van der Waals surface area contributed by atoms with E-state index in [2.05, 4.69) is 15.0 Å². The minimum absolute atomic E-state index is 0.107. The van der Waals surface area contributed by atoms with Gasteiger partial charge in [-0.25, -0.2) is 14.4 Å². The van der Waals surface area contributed by atoms with Gasteiger partial charge in [-0.15, -0.1) is 0 Å². The molecule has 0 aliphatic heterocycles. The molecule has 0 atom stereocenters. The summed E-state index contributed by atoms with van der Waals surface area (Å²) in [5.74, 6) is 0.202. The van der Waals surface area contributed by atoms with Gasteiger partial charge in [0.05, 0.1) is 11.2 Å². The van der Waals surface area contributed by atoms with Gasteiger partial charge in [0.2, 0.25) is 0 Å². The normalized spacial score (nSPS) is 10.9. The molecule has 0 saturated carbocycles. The summed E-state index contributed by atoms with van der Waals surface area (Å²) in [5.41, 5.74) is 7.83. The Bertz CT molecular complexity index is 657. The molecule has 0 aliphatic rings. The van der Waals surface area contributed by atoms with Gasteiger partial charge in [-0.1, -0.05) is 0 Å². The number of nitrogens with zero attached hydrogens (tertiary/aromatic N) is 2. The molecule has 1 aromatic carbocycles. The van der Waals surface area contributed by atoms with Crippen LogP contribution in [0.25, 0.3) is 22.6 Å². The standard InChI is InChI=1S/C12H9FN4/c13-8-4-3-7(6-9(8)14)11-16-10-2-1-5-15-12(10)17-11/h1-6H,14H2,(H,15,16,17). The van der Waals surface area contributed by atoms with Crippen molar-refractivity contribution in [2.24, 2.45) is 0 Å². The number of nitrogens with one attached hydrogen (secondary N) is 1. The fraction of sp³-hybridized carbons (Fsp3) is 0. The molecule has 0 bridgehead atoms. The zero-order chi connectivity index (χ0) is 11.8. The number of aromatic amines is 1. The van der Waals surface area contributed by atoms with Crippen molar-refractivity contribution in [2.45, 2.75) is 0 Å². The van der Waals surface area contributed by atoms with Gasteiger partial charge in [-0.2, -0.15) is 0 Å². The Morgan fingerprint density at radius 2 is 2.12 bits per heavy atom. The first-order valence-corrected chi connectivity index (χ1v) is 5.10. The molecule has 3 aromatic rings. The Morgan fingerprint density at radius 3 is 2.88 bits per heavy atom. The molecule has 4 nitrogen and oxygen atoms in total. The van der Waals surface area contributed by atoms with Crippen LogP contribution in [0, 0.1) is 5.82 Å². The highest BCUT2D eigenvalue weighted by Crippen LogP contribution is 2.22. The molecule has 84 valence electrons. The molecule has 0 unspecified atom stereocenters. The molecule has 0 amide bonds. The summed E-state index contributed by atoms with van der Waals surface area (Å²) in [6.07, 6.45) is 1.67. The number of hydrogen-bond acceptors (Lipinski definition) is 3. The quantitative estimate of drug-likeness (QED) is 0.628. The number of pyridine rings is 1. The average molecular weight is 228 g/mol. The van der Waals surface area contributed by atoms with Gasteiger partial charge in [0.1, 0.15) is 11.6 Å². The van der Waals surface area contributed by atoms with Crippen molar-refractivity contribution >= 4 is 16.9 Å². The van der Waals surface area contributed by atoms with Crippen LogP contribution in [-0.2, 0) is 0 Å². The Balaban J connectivity index is 2.17. The van der Waals surface area contributed by atoms with E-state index in [1.165, 1.54) is 6.07 Å². The fourth-order valence-electron chi connectivity index (χ4n) is 1.67. The van der Waals surface area contributed by atoms with Crippen LogP contribution >= 0.6 is 0 Å². The molecule has 0 saturated heterocycles. The lowest BCUT2D eigenvalue weighted by Gasteiger charge is -1.99. The SMILES string of the molecule is Nc1cc(-c2nc3ncccc3[nH]2)ccc1F. The van der Waals surface area contributed by atoms with Gasteiger partial charge in [0, 0.05) is 11.8 Å². The third kappa shape index (κ3) is 1.61. The van der Waals surface area contributed by atoms with E-state index < -0.39 is 5.82 Å². The lowest BCUT2D eigenvalue weighted by molar-refractivity contribution is 0.632. The molecule has 2 heterocycles. The third-order valence-corrected chi connectivity index (χ3v) is 2.53. The van der Waals surface area contributed by atoms with Gasteiger partial charge in [0.25, 0.3) is 0 Å². The van der Waals surface area contributed by atoms with Gasteiger partial charge >= 0.3 is 0 Å². The van der Waals surface area contributed by atoms with Crippen LogP contribution in [0.4, 0.5) is 10.1 Å². The molecule has 3 rings (SSSR count). The smallest absolute Gasteiger partial charge is 0.178 e. The fourth-order valence-corrected chi connectivity index (χ4v) is 1.67. The van der Waals surface area contributed by atoms with Crippen LogP contribution < -0.4 is 5.73 Å². The summed E-state index contributed by atoms with van der Waals surface area (Å²) in [7, 11) is 0. The molecule has 0 fully saturated rings. The second-order valence-electron chi connectivity index (χ2n) is 3.70. The number of aromatic nitrogens is 3. The summed E-state index contributed by atoms with van der Waals surface area (Å²) in [6, 6.07) is 8.21. The van der Waals surface area contributed by atoms with E-state index in [0.29, 0.717) is 11.5 Å². The van der Waals surface area contributed by atoms with E-state index >= 15 is 0 Å². The summed E-state index contributed by atoms with van der Waals surface area (Å²) in [5, 5.41) is 0. The summed E-state index contributed by atoms with van der Waals surface area (Å²) in [6.45, 7) is 0. The van der Waals surface area contributed by atoms with Crippen LogP contribution in [0.15, 0.2) is 36.5 Å².